The Balaban J connectivity index is 1.72. The number of carbonyl (C=O) groups is 1. The molecule has 1 saturated carbocycles. The van der Waals surface area contributed by atoms with Gasteiger partial charge >= 0.3 is 0 Å². The quantitative estimate of drug-likeness (QED) is 0.279. The van der Waals surface area contributed by atoms with Crippen LogP contribution >= 0.6 is 11.6 Å². The minimum atomic E-state index is -0.668. The Labute approximate surface area is 234 Å². The Kier molecular flexibility index (Phi) is 8.53. The van der Waals surface area contributed by atoms with Crippen molar-refractivity contribution in [1.82, 2.24) is 15.3 Å². The molecule has 1 saturated heterocycles. The molecule has 0 amide bonds. The standard InChI is InChI=1S/C28H38ClN5O5/c1-16-24(23(17(2)30)18(3)35)32-25(21-9-20(7-8-22(21)29)39-11-19(36)10-31-4)33-26(16)34-14-27(15-34)12-28(13-27,37-5)38-6/h7-9,19,31,36H,10-15,30H2,1-6H3/t19-/m1/s1. The summed E-state index contributed by atoms with van der Waals surface area (Å²) in [6.07, 6.45) is 0.940. The highest BCUT2D eigenvalue weighted by Gasteiger charge is 2.61. The van der Waals surface area contributed by atoms with Crippen LogP contribution in [0, 0.1) is 12.3 Å². The number of nitrogens with zero attached hydrogens (tertiary/aromatic N) is 3. The summed E-state index contributed by atoms with van der Waals surface area (Å²) < 4.78 is 17.0. The first kappa shape index (κ1) is 29.2. The first-order chi connectivity index (χ1) is 18.5. The molecule has 0 unspecified atom stereocenters. The molecule has 1 spiro atoms. The van der Waals surface area contributed by atoms with Crippen molar-refractivity contribution < 1.29 is 24.1 Å². The van der Waals surface area contributed by atoms with Crippen LogP contribution in [-0.4, -0.2) is 80.3 Å². The number of aliphatic hydroxyl groups is 1. The minimum Gasteiger partial charge on any atom is -0.491 e. The van der Waals surface area contributed by atoms with Crippen LogP contribution in [0.2, 0.25) is 5.02 Å². The Morgan fingerprint density at radius 2 is 1.90 bits per heavy atom. The summed E-state index contributed by atoms with van der Waals surface area (Å²) in [6, 6.07) is 5.18. The lowest BCUT2D eigenvalue weighted by molar-refractivity contribution is -0.301. The molecule has 1 atom stereocenters. The Morgan fingerprint density at radius 3 is 2.46 bits per heavy atom. The molecule has 4 N–H and O–H groups in total. The number of nitrogens with one attached hydrogen (secondary N) is 1. The van der Waals surface area contributed by atoms with Crippen LogP contribution in [-0.2, 0) is 14.3 Å². The predicted octanol–water partition coefficient (Wildman–Crippen LogP) is 2.93. The lowest BCUT2D eigenvalue weighted by atomic mass is 9.59. The molecule has 2 aliphatic rings. The number of benzene rings is 1. The molecule has 0 radical (unpaired) electrons. The number of aromatic nitrogens is 2. The van der Waals surface area contributed by atoms with Crippen molar-refractivity contribution in [2.45, 2.75) is 45.5 Å². The Morgan fingerprint density at radius 1 is 1.23 bits per heavy atom. The van der Waals surface area contributed by atoms with E-state index in [9.17, 15) is 9.90 Å². The van der Waals surface area contributed by atoms with Crippen LogP contribution in [0.1, 0.15) is 37.9 Å². The summed E-state index contributed by atoms with van der Waals surface area (Å²) in [5, 5.41) is 13.4. The van der Waals surface area contributed by atoms with Crippen molar-refractivity contribution >= 4 is 28.8 Å². The zero-order chi connectivity index (χ0) is 28.5. The number of hydrogen-bond donors (Lipinski definition) is 3. The fourth-order valence-electron chi connectivity index (χ4n) is 5.66. The smallest absolute Gasteiger partial charge is 0.168 e. The highest BCUT2D eigenvalue weighted by atomic mass is 35.5. The zero-order valence-corrected chi connectivity index (χ0v) is 24.2. The van der Waals surface area contributed by atoms with E-state index in [0.717, 1.165) is 37.3 Å². The van der Waals surface area contributed by atoms with Crippen molar-refractivity contribution in [2.75, 3.05) is 52.4 Å². The summed E-state index contributed by atoms with van der Waals surface area (Å²) in [6.45, 7) is 7.14. The van der Waals surface area contributed by atoms with Gasteiger partial charge in [0.05, 0.1) is 16.3 Å². The number of anilines is 1. The number of Topliss-reactive ketones (excluding diaryl/α,β-unsaturated/α-hetero) is 1. The second kappa shape index (κ2) is 11.4. The van der Waals surface area contributed by atoms with E-state index in [1.54, 1.807) is 46.4 Å². The third-order valence-electron chi connectivity index (χ3n) is 7.55. The highest BCUT2D eigenvalue weighted by Crippen LogP contribution is 2.56. The number of aliphatic hydroxyl groups excluding tert-OH is 1. The molecule has 1 aromatic carbocycles. The van der Waals surface area contributed by atoms with E-state index in [1.165, 1.54) is 6.92 Å². The molecule has 212 valence electrons. The third kappa shape index (κ3) is 5.76. The van der Waals surface area contributed by atoms with Gasteiger partial charge in [-0.2, -0.15) is 0 Å². The fourth-order valence-corrected chi connectivity index (χ4v) is 5.86. The van der Waals surface area contributed by atoms with E-state index in [-0.39, 0.29) is 17.8 Å². The molecule has 2 heterocycles. The van der Waals surface area contributed by atoms with Gasteiger partial charge in [-0.25, -0.2) is 9.97 Å². The van der Waals surface area contributed by atoms with Gasteiger partial charge in [0, 0.05) is 68.9 Å². The van der Waals surface area contributed by atoms with Crippen LogP contribution in [0.5, 0.6) is 5.75 Å². The van der Waals surface area contributed by atoms with Gasteiger partial charge in [-0.15, -0.1) is 0 Å². The molecule has 1 aliphatic carbocycles. The lowest BCUT2D eigenvalue weighted by Gasteiger charge is -2.63. The fraction of sp³-hybridized carbons (Fsp3) is 0.536. The number of ketones is 1. The van der Waals surface area contributed by atoms with Gasteiger partial charge < -0.3 is 35.3 Å². The van der Waals surface area contributed by atoms with Crippen LogP contribution in [0.4, 0.5) is 5.82 Å². The molecule has 39 heavy (non-hydrogen) atoms. The van der Waals surface area contributed by atoms with Gasteiger partial charge in [0.15, 0.2) is 17.4 Å². The van der Waals surface area contributed by atoms with Gasteiger partial charge in [0.2, 0.25) is 0 Å². The average molecular weight is 560 g/mol. The highest BCUT2D eigenvalue weighted by molar-refractivity contribution is 6.33. The average Bonchev–Trinajstić information content (AvgIpc) is 2.84. The normalized spacial score (nSPS) is 18.7. The van der Waals surface area contributed by atoms with Crippen molar-refractivity contribution in [3.8, 4) is 17.1 Å². The molecular formula is C28H38ClN5O5. The number of carbonyl (C=O) groups excluding carboxylic acids is 1. The van der Waals surface area contributed by atoms with Crippen molar-refractivity contribution in [1.29, 1.82) is 0 Å². The summed E-state index contributed by atoms with van der Waals surface area (Å²) in [5.74, 6) is 0.884. The first-order valence-electron chi connectivity index (χ1n) is 12.9. The zero-order valence-electron chi connectivity index (χ0n) is 23.4. The van der Waals surface area contributed by atoms with E-state index in [1.807, 2.05) is 6.92 Å². The maximum Gasteiger partial charge on any atom is 0.168 e. The largest absolute Gasteiger partial charge is 0.491 e. The van der Waals surface area contributed by atoms with Crippen LogP contribution < -0.4 is 20.7 Å². The number of likely N-dealkylation sites (N-methyl/N-ethyl adjacent to an activating group) is 1. The van der Waals surface area contributed by atoms with E-state index >= 15 is 0 Å². The van der Waals surface area contributed by atoms with Gasteiger partial charge in [0.1, 0.15) is 24.3 Å². The number of hydrogen-bond acceptors (Lipinski definition) is 10. The van der Waals surface area contributed by atoms with E-state index in [0.29, 0.717) is 45.7 Å². The van der Waals surface area contributed by atoms with Crippen molar-refractivity contribution in [3.63, 3.8) is 0 Å². The van der Waals surface area contributed by atoms with E-state index in [2.05, 4.69) is 10.2 Å². The molecule has 1 aliphatic heterocycles. The van der Waals surface area contributed by atoms with Gasteiger partial charge in [-0.1, -0.05) is 11.6 Å². The van der Waals surface area contributed by atoms with Crippen molar-refractivity contribution in [2.24, 2.45) is 11.1 Å². The first-order valence-corrected chi connectivity index (χ1v) is 13.3. The van der Waals surface area contributed by atoms with Gasteiger partial charge in [-0.3, -0.25) is 4.79 Å². The predicted molar refractivity (Wildman–Crippen MR) is 151 cm³/mol. The minimum absolute atomic E-state index is 0.0896. The molecule has 11 heteroatoms. The lowest BCUT2D eigenvalue weighted by Crippen LogP contribution is -2.69. The van der Waals surface area contributed by atoms with Crippen LogP contribution in [0.15, 0.2) is 23.9 Å². The van der Waals surface area contributed by atoms with E-state index in [4.69, 9.17) is 41.5 Å². The molecule has 2 fully saturated rings. The summed E-state index contributed by atoms with van der Waals surface area (Å²) in [5.41, 5.74) is 8.79. The summed E-state index contributed by atoms with van der Waals surface area (Å²) in [4.78, 5) is 24.6. The maximum atomic E-state index is 12.7. The number of rotatable bonds is 11. The van der Waals surface area contributed by atoms with E-state index < -0.39 is 11.9 Å². The second-order valence-electron chi connectivity index (χ2n) is 10.7. The number of nitrogens with two attached hydrogens (primary N) is 1. The number of methoxy groups -OCH3 is 2. The monoisotopic (exact) mass is 559 g/mol. The molecule has 2 aromatic rings. The van der Waals surface area contributed by atoms with Gasteiger partial charge in [-0.05, 0) is 46.0 Å². The molecular weight excluding hydrogens is 522 g/mol. The topological polar surface area (TPSA) is 132 Å². The SMILES string of the molecule is CNC[C@@H](O)COc1ccc(Cl)c(-c2nc(C(C(C)=O)=C(C)N)c(C)c(N3CC4(C3)CC(OC)(OC)C4)n2)c1. The summed E-state index contributed by atoms with van der Waals surface area (Å²) in [7, 11) is 5.11. The third-order valence-corrected chi connectivity index (χ3v) is 7.88. The molecule has 10 nitrogen and oxygen atoms in total. The second-order valence-corrected chi connectivity index (χ2v) is 11.1. The van der Waals surface area contributed by atoms with Gasteiger partial charge in [0.25, 0.3) is 0 Å². The Hall–Kier alpha value is -2.76. The van der Waals surface area contributed by atoms with Crippen LogP contribution in [0.3, 0.4) is 0 Å². The molecule has 0 bridgehead atoms. The van der Waals surface area contributed by atoms with Crippen molar-refractivity contribution in [3.05, 3.63) is 40.2 Å². The Bertz CT molecular complexity index is 1260. The number of halogens is 1. The summed E-state index contributed by atoms with van der Waals surface area (Å²) >= 11 is 6.62. The molecule has 1 aromatic heterocycles. The maximum absolute atomic E-state index is 12.7. The number of allylic oxidation sites excluding steroid dienone is 2. The van der Waals surface area contributed by atoms with Crippen LogP contribution in [0.25, 0.3) is 17.0 Å². The number of ether oxygens (including phenoxy) is 3. The molecule has 4 rings (SSSR count).